The van der Waals surface area contributed by atoms with Crippen LogP contribution in [0.15, 0.2) is 76.5 Å². The summed E-state index contributed by atoms with van der Waals surface area (Å²) in [4.78, 5) is 2.31. The molecule has 2 aromatic carbocycles. The zero-order chi connectivity index (χ0) is 22.2. The van der Waals surface area contributed by atoms with Gasteiger partial charge in [-0.2, -0.15) is 4.31 Å². The van der Waals surface area contributed by atoms with Crippen LogP contribution in [-0.2, 0) is 20.0 Å². The van der Waals surface area contributed by atoms with Gasteiger partial charge >= 0.3 is 0 Å². The highest BCUT2D eigenvalue weighted by atomic mass is 32.2. The highest BCUT2D eigenvalue weighted by Gasteiger charge is 2.33. The quantitative estimate of drug-likeness (QED) is 0.586. The second-order valence-corrected chi connectivity index (χ2v) is 11.2. The van der Waals surface area contributed by atoms with Gasteiger partial charge in [-0.1, -0.05) is 36.4 Å². The number of sulfonamides is 1. The minimum absolute atomic E-state index is 0.0395. The molecule has 3 aromatic rings. The number of nitrogens with zero attached hydrogens (tertiary/aromatic N) is 3. The molecular weight excluding hydrogens is 434 g/mol. The van der Waals surface area contributed by atoms with E-state index in [0.29, 0.717) is 31.9 Å². The predicted octanol–water partition coefficient (Wildman–Crippen LogP) is 2.85. The molecule has 4 rings (SSSR count). The fourth-order valence-corrected chi connectivity index (χ4v) is 7.38. The molecule has 1 aromatic heterocycles. The van der Waals surface area contributed by atoms with E-state index in [1.165, 1.54) is 22.5 Å². The summed E-state index contributed by atoms with van der Waals surface area (Å²) in [6.07, 6.45) is 0. The summed E-state index contributed by atoms with van der Waals surface area (Å²) in [7, 11) is -7.71. The number of rotatable bonds is 5. The molecule has 0 atom stereocenters. The fourth-order valence-electron chi connectivity index (χ4n) is 4.01. The SMILES string of the molecule is Cc1cc(S(=O)(=O)N2CCN(c3ccccc3)CC2)c(C)n1S(=O)(=O)c1ccccc1. The highest BCUT2D eigenvalue weighted by Crippen LogP contribution is 2.28. The Morgan fingerprint density at radius 2 is 1.26 bits per heavy atom. The zero-order valence-electron chi connectivity index (χ0n) is 17.5. The first-order chi connectivity index (χ1) is 14.7. The van der Waals surface area contributed by atoms with Gasteiger partial charge in [0.25, 0.3) is 10.0 Å². The Balaban J connectivity index is 1.62. The van der Waals surface area contributed by atoms with Crippen LogP contribution < -0.4 is 4.90 Å². The van der Waals surface area contributed by atoms with E-state index < -0.39 is 20.0 Å². The maximum atomic E-state index is 13.4. The van der Waals surface area contributed by atoms with Gasteiger partial charge in [0, 0.05) is 37.6 Å². The number of hydrogen-bond donors (Lipinski definition) is 0. The van der Waals surface area contributed by atoms with Crippen LogP contribution in [0.5, 0.6) is 0 Å². The van der Waals surface area contributed by atoms with Crippen LogP contribution >= 0.6 is 0 Å². The van der Waals surface area contributed by atoms with E-state index in [9.17, 15) is 16.8 Å². The van der Waals surface area contributed by atoms with Gasteiger partial charge in [0.2, 0.25) is 10.0 Å². The van der Waals surface area contributed by atoms with Gasteiger partial charge in [-0.3, -0.25) is 0 Å². The number of benzene rings is 2. The van der Waals surface area contributed by atoms with Crippen LogP contribution in [0, 0.1) is 13.8 Å². The smallest absolute Gasteiger partial charge is 0.268 e. The Bertz CT molecular complexity index is 1280. The average Bonchev–Trinajstić information content (AvgIpc) is 3.10. The lowest BCUT2D eigenvalue weighted by molar-refractivity contribution is 0.384. The van der Waals surface area contributed by atoms with E-state index in [2.05, 4.69) is 4.90 Å². The number of aryl methyl sites for hydroxylation is 1. The van der Waals surface area contributed by atoms with E-state index in [0.717, 1.165) is 9.66 Å². The summed E-state index contributed by atoms with van der Waals surface area (Å²) in [6, 6.07) is 19.4. The summed E-state index contributed by atoms with van der Waals surface area (Å²) >= 11 is 0. The van der Waals surface area contributed by atoms with Crippen LogP contribution in [0.1, 0.15) is 11.4 Å². The molecule has 0 amide bonds. The van der Waals surface area contributed by atoms with Crippen molar-refractivity contribution in [1.29, 1.82) is 0 Å². The lowest BCUT2D eigenvalue weighted by atomic mass is 10.2. The monoisotopic (exact) mass is 459 g/mol. The van der Waals surface area contributed by atoms with Gasteiger partial charge in [0.05, 0.1) is 10.6 Å². The third kappa shape index (κ3) is 3.88. The van der Waals surface area contributed by atoms with Gasteiger partial charge < -0.3 is 4.90 Å². The van der Waals surface area contributed by atoms with Crippen molar-refractivity contribution in [2.24, 2.45) is 0 Å². The normalized spacial score (nSPS) is 15.9. The van der Waals surface area contributed by atoms with Crippen LogP contribution in [0.3, 0.4) is 0 Å². The summed E-state index contributed by atoms with van der Waals surface area (Å²) in [5, 5.41) is 0. The molecule has 9 heteroatoms. The van der Waals surface area contributed by atoms with Crippen molar-refractivity contribution in [3.8, 4) is 0 Å². The molecule has 31 heavy (non-hydrogen) atoms. The summed E-state index contributed by atoms with van der Waals surface area (Å²) in [5.41, 5.74) is 1.63. The van der Waals surface area contributed by atoms with Crippen molar-refractivity contribution < 1.29 is 16.8 Å². The maximum Gasteiger partial charge on any atom is 0.268 e. The van der Waals surface area contributed by atoms with Crippen molar-refractivity contribution in [2.75, 3.05) is 31.1 Å². The van der Waals surface area contributed by atoms with Gasteiger partial charge in [0.15, 0.2) is 0 Å². The van der Waals surface area contributed by atoms with Gasteiger partial charge in [-0.25, -0.2) is 20.8 Å². The van der Waals surface area contributed by atoms with Crippen LogP contribution in [0.4, 0.5) is 5.69 Å². The summed E-state index contributed by atoms with van der Waals surface area (Å²) in [5.74, 6) is 0. The van der Waals surface area contributed by atoms with Gasteiger partial charge in [0.1, 0.15) is 4.90 Å². The first-order valence-electron chi connectivity index (χ1n) is 10.0. The van der Waals surface area contributed by atoms with Crippen molar-refractivity contribution >= 4 is 25.7 Å². The van der Waals surface area contributed by atoms with Gasteiger partial charge in [-0.15, -0.1) is 0 Å². The largest absolute Gasteiger partial charge is 0.369 e. The molecule has 2 heterocycles. The number of para-hydroxylation sites is 1. The highest BCUT2D eigenvalue weighted by molar-refractivity contribution is 7.90. The standard InChI is InChI=1S/C22H25N3O4S2/c1-18-17-22(19(2)25(18)30(26,27)21-11-7-4-8-12-21)31(28,29)24-15-13-23(14-16-24)20-9-5-3-6-10-20/h3-12,17H,13-16H2,1-2H3. The van der Waals surface area contributed by atoms with E-state index in [1.54, 1.807) is 32.0 Å². The third-order valence-corrected chi connectivity index (χ3v) is 9.51. The molecule has 7 nitrogen and oxygen atoms in total. The van der Waals surface area contributed by atoms with Crippen molar-refractivity contribution in [2.45, 2.75) is 23.6 Å². The van der Waals surface area contributed by atoms with Gasteiger partial charge in [-0.05, 0) is 44.2 Å². The maximum absolute atomic E-state index is 13.4. The van der Waals surface area contributed by atoms with E-state index in [1.807, 2.05) is 30.3 Å². The minimum atomic E-state index is -3.89. The molecule has 0 saturated carbocycles. The molecule has 0 spiro atoms. The van der Waals surface area contributed by atoms with E-state index >= 15 is 0 Å². The van der Waals surface area contributed by atoms with Crippen molar-refractivity contribution in [1.82, 2.24) is 8.28 Å². The van der Waals surface area contributed by atoms with Crippen molar-refractivity contribution in [3.05, 3.63) is 78.1 Å². The number of piperazine rings is 1. The van der Waals surface area contributed by atoms with Crippen molar-refractivity contribution in [3.63, 3.8) is 0 Å². The first kappa shape index (κ1) is 21.6. The Hall–Kier alpha value is -2.62. The summed E-state index contributed by atoms with van der Waals surface area (Å²) < 4.78 is 55.6. The molecule has 0 N–H and O–H groups in total. The predicted molar refractivity (Wildman–Crippen MR) is 120 cm³/mol. The van der Waals surface area contributed by atoms with Crippen LogP contribution in [0.25, 0.3) is 0 Å². The Morgan fingerprint density at radius 1 is 0.710 bits per heavy atom. The first-order valence-corrected chi connectivity index (χ1v) is 12.9. The summed E-state index contributed by atoms with van der Waals surface area (Å²) in [6.45, 7) is 4.98. The Labute approximate surface area is 183 Å². The molecule has 0 unspecified atom stereocenters. The lowest BCUT2D eigenvalue weighted by Gasteiger charge is -2.35. The molecule has 164 valence electrons. The molecule has 1 aliphatic rings. The van der Waals surface area contributed by atoms with Crippen LogP contribution in [0.2, 0.25) is 0 Å². The molecule has 1 saturated heterocycles. The number of hydrogen-bond acceptors (Lipinski definition) is 5. The van der Waals surface area contributed by atoms with E-state index in [4.69, 9.17) is 0 Å². The zero-order valence-corrected chi connectivity index (χ0v) is 19.1. The molecular formula is C22H25N3O4S2. The van der Waals surface area contributed by atoms with E-state index in [-0.39, 0.29) is 15.5 Å². The Morgan fingerprint density at radius 3 is 1.84 bits per heavy atom. The fraction of sp³-hybridized carbons (Fsp3) is 0.273. The third-order valence-electron chi connectivity index (χ3n) is 5.58. The second-order valence-electron chi connectivity index (χ2n) is 7.54. The molecule has 0 aliphatic carbocycles. The Kier molecular flexibility index (Phi) is 5.67. The average molecular weight is 460 g/mol. The topological polar surface area (TPSA) is 79.7 Å². The minimum Gasteiger partial charge on any atom is -0.369 e. The molecule has 0 bridgehead atoms. The number of aromatic nitrogens is 1. The number of anilines is 1. The molecule has 0 radical (unpaired) electrons. The molecule has 1 aliphatic heterocycles. The second kappa shape index (κ2) is 8.14. The van der Waals surface area contributed by atoms with Crippen LogP contribution in [-0.4, -0.2) is 51.3 Å². The lowest BCUT2D eigenvalue weighted by Crippen LogP contribution is -2.48. The molecule has 1 fully saturated rings.